The Hall–Kier alpha value is -2.75. The number of hydrogen-bond acceptors (Lipinski definition) is 3. The van der Waals surface area contributed by atoms with Crippen LogP contribution in [0.1, 0.15) is 30.5 Å². The van der Waals surface area contributed by atoms with E-state index in [9.17, 15) is 9.90 Å². The number of phenolic OH excluding ortho intramolecular Hbond substituents is 1. The lowest BCUT2D eigenvalue weighted by Crippen LogP contribution is -2.17. The number of ether oxygens (including phenoxy) is 1. The van der Waals surface area contributed by atoms with Crippen LogP contribution in [0.15, 0.2) is 36.4 Å². The van der Waals surface area contributed by atoms with Gasteiger partial charge in [0.2, 0.25) is 5.91 Å². The molecule has 0 aliphatic rings. The summed E-state index contributed by atoms with van der Waals surface area (Å²) >= 11 is 0. The molecule has 2 N–H and O–H groups in total. The number of anilines is 1. The minimum atomic E-state index is -0.0442. The second-order valence-electron chi connectivity index (χ2n) is 5.99. The maximum absolute atomic E-state index is 11.7. The lowest BCUT2D eigenvalue weighted by Gasteiger charge is -2.08. The average Bonchev–Trinajstić information content (AvgIpc) is 2.56. The molecule has 4 heteroatoms. The molecule has 0 saturated heterocycles. The van der Waals surface area contributed by atoms with Crippen molar-refractivity contribution in [3.05, 3.63) is 53.1 Å². The Balaban J connectivity index is 2.12. The number of phenols is 1. The van der Waals surface area contributed by atoms with E-state index in [1.807, 2.05) is 63.3 Å². The van der Waals surface area contributed by atoms with Gasteiger partial charge in [-0.2, -0.15) is 0 Å². The van der Waals surface area contributed by atoms with Crippen LogP contribution in [0.25, 0.3) is 12.2 Å². The summed E-state index contributed by atoms with van der Waals surface area (Å²) in [6.07, 6.45) is 3.93. The van der Waals surface area contributed by atoms with Crippen molar-refractivity contribution >= 4 is 23.7 Å². The quantitative estimate of drug-likeness (QED) is 0.797. The molecule has 0 heterocycles. The number of amides is 1. The lowest BCUT2D eigenvalue weighted by molar-refractivity contribution is -0.118. The van der Waals surface area contributed by atoms with E-state index in [1.54, 1.807) is 6.07 Å². The Morgan fingerprint density at radius 3 is 2.33 bits per heavy atom. The number of nitrogens with one attached hydrogen (secondary N) is 1. The maximum atomic E-state index is 11.7. The number of aryl methyl sites for hydroxylation is 1. The Morgan fingerprint density at radius 2 is 1.75 bits per heavy atom. The van der Waals surface area contributed by atoms with Crippen LogP contribution < -0.4 is 10.1 Å². The molecule has 126 valence electrons. The van der Waals surface area contributed by atoms with Gasteiger partial charge < -0.3 is 15.2 Å². The molecule has 0 aromatic heterocycles. The van der Waals surface area contributed by atoms with E-state index in [-0.39, 0.29) is 17.6 Å². The van der Waals surface area contributed by atoms with Crippen molar-refractivity contribution in [1.82, 2.24) is 0 Å². The van der Waals surface area contributed by atoms with Gasteiger partial charge in [-0.15, -0.1) is 0 Å². The predicted octanol–water partition coefficient (Wildman–Crippen LogP) is 4.47. The first-order valence-electron chi connectivity index (χ1n) is 7.87. The number of benzene rings is 2. The van der Waals surface area contributed by atoms with Crippen molar-refractivity contribution in [2.75, 3.05) is 12.4 Å². The summed E-state index contributed by atoms with van der Waals surface area (Å²) in [6, 6.07) is 11.3. The molecule has 4 nitrogen and oxygen atoms in total. The van der Waals surface area contributed by atoms with Crippen molar-refractivity contribution in [1.29, 1.82) is 0 Å². The molecule has 2 aromatic rings. The van der Waals surface area contributed by atoms with Crippen LogP contribution in [-0.2, 0) is 4.79 Å². The zero-order valence-corrected chi connectivity index (χ0v) is 14.5. The summed E-state index contributed by atoms with van der Waals surface area (Å²) in [4.78, 5) is 11.7. The summed E-state index contributed by atoms with van der Waals surface area (Å²) in [5.74, 6) is 0.587. The molecule has 0 spiro atoms. The largest absolute Gasteiger partial charge is 0.504 e. The van der Waals surface area contributed by atoms with E-state index in [0.717, 1.165) is 22.4 Å². The molecule has 0 aliphatic heterocycles. The monoisotopic (exact) mass is 325 g/mol. The van der Waals surface area contributed by atoms with Crippen LogP contribution in [0.4, 0.5) is 5.69 Å². The summed E-state index contributed by atoms with van der Waals surface area (Å²) in [7, 11) is 1.53. The molecule has 24 heavy (non-hydrogen) atoms. The van der Waals surface area contributed by atoms with Crippen LogP contribution in [0.2, 0.25) is 0 Å². The van der Waals surface area contributed by atoms with Crippen LogP contribution in [-0.4, -0.2) is 18.1 Å². The normalized spacial score (nSPS) is 11.0. The summed E-state index contributed by atoms with van der Waals surface area (Å²) in [5.41, 5.74) is 3.51. The van der Waals surface area contributed by atoms with Crippen molar-refractivity contribution in [2.45, 2.75) is 20.8 Å². The highest BCUT2D eigenvalue weighted by Crippen LogP contribution is 2.31. The highest BCUT2D eigenvalue weighted by atomic mass is 16.5. The first-order valence-corrected chi connectivity index (χ1v) is 7.87. The lowest BCUT2D eigenvalue weighted by atomic mass is 10.1. The highest BCUT2D eigenvalue weighted by molar-refractivity contribution is 5.92. The summed E-state index contributed by atoms with van der Waals surface area (Å²) < 4.78 is 5.17. The van der Waals surface area contributed by atoms with Gasteiger partial charge in [-0.25, -0.2) is 0 Å². The Labute approximate surface area is 142 Å². The fourth-order valence-corrected chi connectivity index (χ4v) is 2.18. The van der Waals surface area contributed by atoms with E-state index < -0.39 is 0 Å². The molecule has 2 aromatic carbocycles. The zero-order chi connectivity index (χ0) is 17.7. The Bertz CT molecular complexity index is 746. The van der Waals surface area contributed by atoms with E-state index in [0.29, 0.717) is 5.75 Å². The van der Waals surface area contributed by atoms with Crippen LogP contribution in [0, 0.1) is 12.8 Å². The second-order valence-corrected chi connectivity index (χ2v) is 5.99. The number of rotatable bonds is 5. The molecule has 0 saturated carbocycles. The van der Waals surface area contributed by atoms with Gasteiger partial charge in [0.15, 0.2) is 11.5 Å². The minimum Gasteiger partial charge on any atom is -0.504 e. The Kier molecular flexibility index (Phi) is 5.64. The molecule has 0 bridgehead atoms. The van der Waals surface area contributed by atoms with Crippen molar-refractivity contribution in [3.8, 4) is 11.5 Å². The fourth-order valence-electron chi connectivity index (χ4n) is 2.18. The highest BCUT2D eigenvalue weighted by Gasteiger charge is 2.07. The van der Waals surface area contributed by atoms with Gasteiger partial charge in [0.05, 0.1) is 7.11 Å². The van der Waals surface area contributed by atoms with Gasteiger partial charge >= 0.3 is 0 Å². The number of methoxy groups -OCH3 is 1. The topological polar surface area (TPSA) is 58.6 Å². The number of hydrogen-bond donors (Lipinski definition) is 2. The third kappa shape index (κ3) is 4.38. The average molecular weight is 325 g/mol. The van der Waals surface area contributed by atoms with Crippen molar-refractivity contribution < 1.29 is 14.6 Å². The smallest absolute Gasteiger partial charge is 0.226 e. The predicted molar refractivity (Wildman–Crippen MR) is 98.2 cm³/mol. The molecule has 1 amide bonds. The van der Waals surface area contributed by atoms with Crippen LogP contribution >= 0.6 is 0 Å². The zero-order valence-electron chi connectivity index (χ0n) is 14.5. The van der Waals surface area contributed by atoms with E-state index in [1.165, 1.54) is 7.11 Å². The van der Waals surface area contributed by atoms with E-state index in [4.69, 9.17) is 4.74 Å². The van der Waals surface area contributed by atoms with Crippen LogP contribution in [0.3, 0.4) is 0 Å². The van der Waals surface area contributed by atoms with Crippen LogP contribution in [0.5, 0.6) is 11.5 Å². The number of aromatic hydroxyl groups is 1. The molecule has 0 fully saturated rings. The van der Waals surface area contributed by atoms with E-state index >= 15 is 0 Å². The third-order valence-electron chi connectivity index (χ3n) is 3.68. The van der Waals surface area contributed by atoms with Gasteiger partial charge in [-0.1, -0.05) is 38.1 Å². The molecular formula is C20H23NO3. The SMILES string of the molecule is COc1cc(/C=C/c2ccc(NC(=O)C(C)C)cc2)cc(C)c1O. The molecule has 2 rings (SSSR count). The van der Waals surface area contributed by atoms with Crippen molar-refractivity contribution in [3.63, 3.8) is 0 Å². The van der Waals surface area contributed by atoms with Gasteiger partial charge in [0.25, 0.3) is 0 Å². The van der Waals surface area contributed by atoms with Gasteiger partial charge in [-0.3, -0.25) is 4.79 Å². The molecule has 0 atom stereocenters. The minimum absolute atomic E-state index is 0.00459. The molecule has 0 radical (unpaired) electrons. The molecular weight excluding hydrogens is 302 g/mol. The number of carbonyl (C=O) groups excluding carboxylic acids is 1. The Morgan fingerprint density at radius 1 is 1.12 bits per heavy atom. The number of carbonyl (C=O) groups is 1. The van der Waals surface area contributed by atoms with Gasteiger partial charge in [-0.05, 0) is 47.9 Å². The second kappa shape index (κ2) is 7.68. The van der Waals surface area contributed by atoms with Crippen molar-refractivity contribution in [2.24, 2.45) is 5.92 Å². The fraction of sp³-hybridized carbons (Fsp3) is 0.250. The summed E-state index contributed by atoms with van der Waals surface area (Å²) in [5, 5.41) is 12.7. The van der Waals surface area contributed by atoms with Gasteiger partial charge in [0, 0.05) is 11.6 Å². The maximum Gasteiger partial charge on any atom is 0.226 e. The summed E-state index contributed by atoms with van der Waals surface area (Å²) in [6.45, 7) is 5.56. The molecule has 0 unspecified atom stereocenters. The van der Waals surface area contributed by atoms with E-state index in [2.05, 4.69) is 5.32 Å². The molecule has 0 aliphatic carbocycles. The van der Waals surface area contributed by atoms with Gasteiger partial charge in [0.1, 0.15) is 0 Å². The standard InChI is InChI=1S/C20H23NO3/c1-13(2)20(23)21-17-9-7-15(8-10-17)5-6-16-11-14(3)19(22)18(12-16)24-4/h5-13,22H,1-4H3,(H,21,23)/b6-5+. The first kappa shape index (κ1) is 17.6. The third-order valence-corrected chi connectivity index (χ3v) is 3.68. The first-order chi connectivity index (χ1) is 11.4.